The van der Waals surface area contributed by atoms with E-state index >= 15 is 0 Å². The van der Waals surface area contributed by atoms with Crippen LogP contribution in [0.25, 0.3) is 11.1 Å². The summed E-state index contributed by atoms with van der Waals surface area (Å²) < 4.78 is 4.67. The fourth-order valence-corrected chi connectivity index (χ4v) is 3.18. The topological polar surface area (TPSA) is 124 Å². The van der Waals surface area contributed by atoms with Gasteiger partial charge in [0.25, 0.3) is 0 Å². The van der Waals surface area contributed by atoms with E-state index in [4.69, 9.17) is 5.11 Å². The molecule has 0 atom stereocenters. The van der Waals surface area contributed by atoms with Crippen LogP contribution in [0.1, 0.15) is 6.92 Å². The predicted octanol–water partition coefficient (Wildman–Crippen LogP) is 4.31. The number of carbonyl (C=O) groups excluding carboxylic acids is 1. The lowest BCUT2D eigenvalue weighted by Crippen LogP contribution is -2.27. The molecule has 4 rings (SSSR count). The van der Waals surface area contributed by atoms with Gasteiger partial charge < -0.3 is 14.9 Å². The van der Waals surface area contributed by atoms with Crippen molar-refractivity contribution in [2.24, 2.45) is 10.2 Å². The maximum Gasteiger partial charge on any atom is 0.511 e. The molecular formula is C23H18N4O5. The SMILES string of the molecule is CC1=NN(c2ccccc2)C(=O)C1=NNc1cccc(-c2cccc(OC(=O)O)c2)c1O. The van der Waals surface area contributed by atoms with Gasteiger partial charge in [0.15, 0.2) is 5.71 Å². The molecule has 0 fully saturated rings. The van der Waals surface area contributed by atoms with Gasteiger partial charge in [0.05, 0.1) is 17.1 Å². The number of phenolic OH excluding ortho intramolecular Hbond substituents is 1. The van der Waals surface area contributed by atoms with Gasteiger partial charge in [0.2, 0.25) is 0 Å². The molecule has 0 unspecified atom stereocenters. The zero-order chi connectivity index (χ0) is 22.7. The number of hydrogen-bond acceptors (Lipinski definition) is 7. The molecule has 3 N–H and O–H groups in total. The Bertz CT molecular complexity index is 1250. The number of anilines is 2. The van der Waals surface area contributed by atoms with Crippen molar-refractivity contribution < 1.29 is 24.5 Å². The quantitative estimate of drug-likeness (QED) is 0.240. The number of nitrogens with one attached hydrogen (secondary N) is 1. The third-order valence-electron chi connectivity index (χ3n) is 4.66. The number of aromatic hydroxyl groups is 1. The minimum atomic E-state index is -1.43. The van der Waals surface area contributed by atoms with Crippen LogP contribution in [0.2, 0.25) is 0 Å². The normalized spacial score (nSPS) is 14.4. The zero-order valence-corrected chi connectivity index (χ0v) is 16.9. The highest BCUT2D eigenvalue weighted by molar-refractivity contribution is 6.71. The summed E-state index contributed by atoms with van der Waals surface area (Å²) in [4.78, 5) is 23.5. The molecule has 9 heteroatoms. The average Bonchev–Trinajstić information content (AvgIpc) is 3.07. The van der Waals surface area contributed by atoms with Crippen LogP contribution < -0.4 is 15.2 Å². The van der Waals surface area contributed by atoms with Crippen LogP contribution >= 0.6 is 0 Å². The summed E-state index contributed by atoms with van der Waals surface area (Å²) in [7, 11) is 0. The molecule has 0 saturated heterocycles. The molecule has 0 aromatic heterocycles. The van der Waals surface area contributed by atoms with E-state index in [1.165, 1.54) is 17.1 Å². The summed E-state index contributed by atoms with van der Waals surface area (Å²) in [5, 5.41) is 29.2. The first-order valence-corrected chi connectivity index (χ1v) is 9.56. The van der Waals surface area contributed by atoms with Crippen LogP contribution in [0, 0.1) is 0 Å². The highest BCUT2D eigenvalue weighted by Crippen LogP contribution is 2.36. The van der Waals surface area contributed by atoms with Crippen molar-refractivity contribution in [2.45, 2.75) is 6.92 Å². The standard InChI is InChI=1S/C23H18N4O5/c1-14-20(22(29)27(26-14)16-8-3-2-4-9-16)25-24-19-12-6-11-18(21(19)28)15-7-5-10-17(13-15)32-23(30)31/h2-13,24,28H,1H3,(H,30,31). The molecular weight excluding hydrogens is 412 g/mol. The van der Waals surface area contributed by atoms with E-state index in [0.29, 0.717) is 22.5 Å². The van der Waals surface area contributed by atoms with Gasteiger partial charge in [-0.1, -0.05) is 42.5 Å². The third kappa shape index (κ3) is 4.12. The molecule has 1 aliphatic heterocycles. The molecule has 0 aliphatic carbocycles. The van der Waals surface area contributed by atoms with Crippen LogP contribution in [0.4, 0.5) is 16.2 Å². The second-order valence-electron chi connectivity index (χ2n) is 6.81. The lowest BCUT2D eigenvalue weighted by molar-refractivity contribution is -0.112. The molecule has 9 nitrogen and oxygen atoms in total. The number of hydrazone groups is 2. The van der Waals surface area contributed by atoms with Crippen molar-refractivity contribution in [1.82, 2.24) is 0 Å². The molecule has 0 radical (unpaired) electrons. The number of amides is 1. The van der Waals surface area contributed by atoms with Gasteiger partial charge in [0, 0.05) is 5.56 Å². The first-order chi connectivity index (χ1) is 15.4. The Balaban J connectivity index is 1.59. The monoisotopic (exact) mass is 430 g/mol. The van der Waals surface area contributed by atoms with Crippen LogP contribution in [0.3, 0.4) is 0 Å². The number of ether oxygens (including phenoxy) is 1. The number of para-hydroxylation sites is 2. The smallest absolute Gasteiger partial charge is 0.505 e. The van der Waals surface area contributed by atoms with Gasteiger partial charge in [-0.3, -0.25) is 10.2 Å². The van der Waals surface area contributed by atoms with Crippen molar-refractivity contribution >= 4 is 34.9 Å². The number of hydrogen-bond donors (Lipinski definition) is 3. The Morgan fingerprint density at radius 2 is 1.81 bits per heavy atom. The first kappa shape index (κ1) is 20.6. The maximum atomic E-state index is 12.8. The fraction of sp³-hybridized carbons (Fsp3) is 0.0435. The maximum absolute atomic E-state index is 12.8. The Kier molecular flexibility index (Phi) is 5.54. The number of phenols is 1. The van der Waals surface area contributed by atoms with Gasteiger partial charge in [-0.05, 0) is 42.8 Å². The van der Waals surface area contributed by atoms with Crippen molar-refractivity contribution in [3.05, 3.63) is 72.8 Å². The Morgan fingerprint density at radius 3 is 2.56 bits per heavy atom. The van der Waals surface area contributed by atoms with Crippen molar-refractivity contribution in [2.75, 3.05) is 10.4 Å². The van der Waals surface area contributed by atoms with Gasteiger partial charge >= 0.3 is 12.1 Å². The molecule has 32 heavy (non-hydrogen) atoms. The average molecular weight is 430 g/mol. The number of nitrogens with zero attached hydrogens (tertiary/aromatic N) is 3. The number of benzene rings is 3. The van der Waals surface area contributed by atoms with E-state index in [1.54, 1.807) is 61.5 Å². The predicted molar refractivity (Wildman–Crippen MR) is 120 cm³/mol. The summed E-state index contributed by atoms with van der Waals surface area (Å²) in [5.41, 5.74) is 5.14. The highest BCUT2D eigenvalue weighted by Gasteiger charge is 2.30. The first-order valence-electron chi connectivity index (χ1n) is 9.56. The fourth-order valence-electron chi connectivity index (χ4n) is 3.18. The summed E-state index contributed by atoms with van der Waals surface area (Å²) >= 11 is 0. The van der Waals surface area contributed by atoms with Crippen LogP contribution in [-0.4, -0.2) is 33.7 Å². The molecule has 0 saturated carbocycles. The van der Waals surface area contributed by atoms with E-state index < -0.39 is 12.1 Å². The third-order valence-corrected chi connectivity index (χ3v) is 4.66. The van der Waals surface area contributed by atoms with E-state index in [9.17, 15) is 14.7 Å². The van der Waals surface area contributed by atoms with Gasteiger partial charge in [0.1, 0.15) is 11.5 Å². The largest absolute Gasteiger partial charge is 0.511 e. The Labute approximate surface area is 182 Å². The molecule has 3 aromatic carbocycles. The van der Waals surface area contributed by atoms with Crippen molar-refractivity contribution in [3.8, 4) is 22.6 Å². The molecule has 3 aromatic rings. The lowest BCUT2D eigenvalue weighted by atomic mass is 10.0. The van der Waals surface area contributed by atoms with Crippen molar-refractivity contribution in [3.63, 3.8) is 0 Å². The Hall–Kier alpha value is -4.66. The minimum Gasteiger partial charge on any atom is -0.505 e. The molecule has 1 amide bonds. The zero-order valence-electron chi connectivity index (χ0n) is 16.9. The van der Waals surface area contributed by atoms with Crippen LogP contribution in [0.15, 0.2) is 83.0 Å². The molecule has 0 bridgehead atoms. The second-order valence-corrected chi connectivity index (χ2v) is 6.81. The number of carboxylic acid groups (broad SMARTS) is 1. The van der Waals surface area contributed by atoms with Gasteiger partial charge in [-0.25, -0.2) is 4.79 Å². The van der Waals surface area contributed by atoms with Crippen molar-refractivity contribution in [1.29, 1.82) is 0 Å². The molecule has 1 aliphatic rings. The van der Waals surface area contributed by atoms with Gasteiger partial charge in [-0.2, -0.15) is 15.2 Å². The lowest BCUT2D eigenvalue weighted by Gasteiger charge is -2.12. The summed E-state index contributed by atoms with van der Waals surface area (Å²) in [6.07, 6.45) is -1.43. The van der Waals surface area contributed by atoms with E-state index in [0.717, 1.165) is 0 Å². The number of rotatable bonds is 5. The molecule has 160 valence electrons. The number of carbonyl (C=O) groups is 2. The minimum absolute atomic E-state index is 0.121. The van der Waals surface area contributed by atoms with E-state index in [2.05, 4.69) is 20.4 Å². The van der Waals surface area contributed by atoms with E-state index in [1.807, 2.05) is 6.07 Å². The second kappa shape index (κ2) is 8.60. The van der Waals surface area contributed by atoms with Gasteiger partial charge in [-0.15, -0.1) is 0 Å². The van der Waals surface area contributed by atoms with E-state index in [-0.39, 0.29) is 22.9 Å². The highest BCUT2D eigenvalue weighted by atomic mass is 16.7. The summed E-state index contributed by atoms with van der Waals surface area (Å²) in [6.45, 7) is 1.67. The van der Waals surface area contributed by atoms with Crippen LogP contribution in [0.5, 0.6) is 11.5 Å². The molecule has 1 heterocycles. The van der Waals surface area contributed by atoms with Crippen LogP contribution in [-0.2, 0) is 4.79 Å². The Morgan fingerprint density at radius 1 is 1.06 bits per heavy atom. The summed E-state index contributed by atoms with van der Waals surface area (Å²) in [6, 6.07) is 20.2. The molecule has 0 spiro atoms. The summed E-state index contributed by atoms with van der Waals surface area (Å²) in [5.74, 6) is -0.392.